The Kier molecular flexibility index (Phi) is 3.96. The number of carbonyl (C=O) groups is 1. The molecule has 0 amide bonds. The van der Waals surface area contributed by atoms with Gasteiger partial charge in [0.25, 0.3) is 0 Å². The third-order valence-corrected chi connectivity index (χ3v) is 2.81. The first-order valence-corrected chi connectivity index (χ1v) is 6.13. The van der Waals surface area contributed by atoms with Gasteiger partial charge < -0.3 is 5.11 Å². The van der Waals surface area contributed by atoms with Gasteiger partial charge in [0.05, 0.1) is 10.7 Å². The summed E-state index contributed by atoms with van der Waals surface area (Å²) in [4.78, 5) is 14.5. The van der Waals surface area contributed by atoms with Gasteiger partial charge in [-0.05, 0) is 34.1 Å². The monoisotopic (exact) mass is 345 g/mol. The zero-order valence-electron chi connectivity index (χ0n) is 9.22. The van der Waals surface area contributed by atoms with E-state index in [4.69, 9.17) is 16.7 Å². The average molecular weight is 347 g/mol. The second kappa shape index (κ2) is 5.50. The third kappa shape index (κ3) is 2.99. The first-order chi connectivity index (χ1) is 8.99. The number of carboxylic acid groups (broad SMARTS) is 1. The molecule has 2 aromatic heterocycles. The van der Waals surface area contributed by atoms with Crippen LogP contribution < -0.4 is 0 Å². The van der Waals surface area contributed by atoms with Crippen LogP contribution in [0.1, 0.15) is 5.69 Å². The van der Waals surface area contributed by atoms with E-state index in [2.05, 4.69) is 26.0 Å². The summed E-state index contributed by atoms with van der Waals surface area (Å²) in [5.41, 5.74) is 0.201. The zero-order chi connectivity index (χ0) is 14.0. The quantitative estimate of drug-likeness (QED) is 0.867. The first kappa shape index (κ1) is 13.7. The summed E-state index contributed by atoms with van der Waals surface area (Å²) in [6.45, 7) is 0. The minimum absolute atomic E-state index is 0.201. The molecule has 1 N–H and O–H groups in total. The normalized spacial score (nSPS) is 11.6. The maximum absolute atomic E-state index is 13.2. The maximum Gasteiger partial charge on any atom is 0.364 e. The highest BCUT2D eigenvalue weighted by atomic mass is 79.9. The minimum atomic E-state index is -1.66. The Bertz CT molecular complexity index is 672. The summed E-state index contributed by atoms with van der Waals surface area (Å²) in [6.07, 6.45) is 2.34. The standard InChI is InChI=1S/C11H6BrClFN3O2/c12-9-5-6(4-8(14)11(18)19)17(16-9)10-7(13)2-1-3-15-10/h1-5H,(H,18,19)/b8-4+. The van der Waals surface area contributed by atoms with E-state index in [1.807, 2.05) is 0 Å². The molecule has 0 saturated carbocycles. The lowest BCUT2D eigenvalue weighted by atomic mass is 10.3. The molecular formula is C11H6BrClFN3O2. The van der Waals surface area contributed by atoms with Gasteiger partial charge in [0, 0.05) is 12.3 Å². The van der Waals surface area contributed by atoms with Crippen molar-refractivity contribution in [2.45, 2.75) is 0 Å². The molecule has 0 atom stereocenters. The highest BCUT2D eigenvalue weighted by molar-refractivity contribution is 9.10. The molecule has 2 rings (SSSR count). The van der Waals surface area contributed by atoms with Crippen molar-refractivity contribution in [3.8, 4) is 5.82 Å². The highest BCUT2D eigenvalue weighted by Crippen LogP contribution is 2.22. The molecule has 0 saturated heterocycles. The van der Waals surface area contributed by atoms with Crippen molar-refractivity contribution in [3.05, 3.63) is 45.5 Å². The molecule has 0 radical (unpaired) electrons. The summed E-state index contributed by atoms with van der Waals surface area (Å²) in [7, 11) is 0. The second-order valence-corrected chi connectivity index (χ2v) is 4.63. The summed E-state index contributed by atoms with van der Waals surface area (Å²) >= 11 is 9.10. The SMILES string of the molecule is O=C(O)/C(F)=C\c1cc(Br)nn1-c1ncccc1Cl. The fourth-order valence-electron chi connectivity index (χ4n) is 1.36. The van der Waals surface area contributed by atoms with E-state index in [-0.39, 0.29) is 11.5 Å². The average Bonchev–Trinajstić information content (AvgIpc) is 2.70. The van der Waals surface area contributed by atoms with Gasteiger partial charge in [0.2, 0.25) is 5.83 Å². The number of aromatic nitrogens is 3. The van der Waals surface area contributed by atoms with Crippen molar-refractivity contribution in [1.29, 1.82) is 0 Å². The Morgan fingerprint density at radius 2 is 2.32 bits per heavy atom. The molecule has 0 aliphatic rings. The number of hydrogen-bond acceptors (Lipinski definition) is 3. The maximum atomic E-state index is 13.2. The van der Waals surface area contributed by atoms with E-state index in [1.54, 1.807) is 12.1 Å². The number of aliphatic carboxylic acids is 1. The molecule has 0 aromatic carbocycles. The molecule has 8 heteroatoms. The first-order valence-electron chi connectivity index (χ1n) is 4.96. The molecule has 5 nitrogen and oxygen atoms in total. The van der Waals surface area contributed by atoms with Gasteiger partial charge in [-0.25, -0.2) is 14.5 Å². The molecule has 0 fully saturated rings. The van der Waals surface area contributed by atoms with Crippen molar-refractivity contribution in [3.63, 3.8) is 0 Å². The van der Waals surface area contributed by atoms with Crippen LogP contribution in [0.3, 0.4) is 0 Å². The Morgan fingerprint density at radius 1 is 1.58 bits per heavy atom. The van der Waals surface area contributed by atoms with Crippen LogP contribution in [0.4, 0.5) is 4.39 Å². The van der Waals surface area contributed by atoms with Gasteiger partial charge in [-0.1, -0.05) is 11.6 Å². The van der Waals surface area contributed by atoms with Gasteiger partial charge in [-0.2, -0.15) is 9.49 Å². The van der Waals surface area contributed by atoms with Gasteiger partial charge in [0.1, 0.15) is 4.60 Å². The van der Waals surface area contributed by atoms with Crippen molar-refractivity contribution in [2.75, 3.05) is 0 Å². The lowest BCUT2D eigenvalue weighted by molar-refractivity contribution is -0.134. The molecule has 0 aliphatic carbocycles. The van der Waals surface area contributed by atoms with Crippen LogP contribution >= 0.6 is 27.5 Å². The van der Waals surface area contributed by atoms with Gasteiger partial charge >= 0.3 is 5.97 Å². The van der Waals surface area contributed by atoms with E-state index in [1.165, 1.54) is 16.9 Å². The summed E-state index contributed by atoms with van der Waals surface area (Å²) < 4.78 is 14.8. The van der Waals surface area contributed by atoms with Crippen LogP contribution in [0.2, 0.25) is 5.02 Å². The third-order valence-electron chi connectivity index (χ3n) is 2.13. The minimum Gasteiger partial charge on any atom is -0.476 e. The predicted octanol–water partition coefficient (Wildman–Crippen LogP) is 3.08. The number of pyridine rings is 1. The fraction of sp³-hybridized carbons (Fsp3) is 0. The van der Waals surface area contributed by atoms with Crippen LogP contribution in [-0.2, 0) is 4.79 Å². The molecule has 0 spiro atoms. The smallest absolute Gasteiger partial charge is 0.364 e. The van der Waals surface area contributed by atoms with E-state index in [0.717, 1.165) is 6.08 Å². The number of halogens is 3. The lowest BCUT2D eigenvalue weighted by Crippen LogP contribution is -2.03. The van der Waals surface area contributed by atoms with Gasteiger partial charge in [-0.3, -0.25) is 0 Å². The Balaban J connectivity index is 2.57. The number of rotatable bonds is 3. The van der Waals surface area contributed by atoms with Gasteiger partial charge in [-0.15, -0.1) is 0 Å². The molecule has 0 bridgehead atoms. The summed E-state index contributed by atoms with van der Waals surface area (Å²) in [5, 5.41) is 12.9. The molecular weight excluding hydrogens is 340 g/mol. The predicted molar refractivity (Wildman–Crippen MR) is 70.8 cm³/mol. The van der Waals surface area contributed by atoms with Crippen LogP contribution in [0, 0.1) is 0 Å². The van der Waals surface area contributed by atoms with Crippen LogP contribution in [0.25, 0.3) is 11.9 Å². The number of carboxylic acids is 1. The fourth-order valence-corrected chi connectivity index (χ4v) is 1.96. The van der Waals surface area contributed by atoms with Crippen molar-refractivity contribution >= 4 is 39.6 Å². The van der Waals surface area contributed by atoms with E-state index in [0.29, 0.717) is 9.63 Å². The van der Waals surface area contributed by atoms with Crippen LogP contribution in [0.15, 0.2) is 34.8 Å². The highest BCUT2D eigenvalue weighted by Gasteiger charge is 2.13. The zero-order valence-corrected chi connectivity index (χ0v) is 11.6. The number of nitrogens with zero attached hydrogens (tertiary/aromatic N) is 3. The van der Waals surface area contributed by atoms with Crippen LogP contribution in [0.5, 0.6) is 0 Å². The lowest BCUT2D eigenvalue weighted by Gasteiger charge is -2.04. The topological polar surface area (TPSA) is 68.0 Å². The summed E-state index contributed by atoms with van der Waals surface area (Å²) in [5.74, 6) is -2.68. The number of hydrogen-bond donors (Lipinski definition) is 1. The van der Waals surface area contributed by atoms with Crippen molar-refractivity contribution < 1.29 is 14.3 Å². The largest absolute Gasteiger partial charge is 0.476 e. The molecule has 2 aromatic rings. The van der Waals surface area contributed by atoms with E-state index in [9.17, 15) is 9.18 Å². The molecule has 2 heterocycles. The summed E-state index contributed by atoms with van der Waals surface area (Å²) in [6, 6.07) is 4.69. The second-order valence-electron chi connectivity index (χ2n) is 3.41. The Labute approximate surface area is 120 Å². The molecule has 0 aliphatic heterocycles. The molecule has 0 unspecified atom stereocenters. The van der Waals surface area contributed by atoms with E-state index < -0.39 is 11.8 Å². The Hall–Kier alpha value is -1.73. The van der Waals surface area contributed by atoms with Crippen molar-refractivity contribution in [2.24, 2.45) is 0 Å². The van der Waals surface area contributed by atoms with E-state index >= 15 is 0 Å². The Morgan fingerprint density at radius 3 is 2.95 bits per heavy atom. The molecule has 19 heavy (non-hydrogen) atoms. The van der Waals surface area contributed by atoms with Crippen LogP contribution in [-0.4, -0.2) is 25.8 Å². The van der Waals surface area contributed by atoms with Crippen molar-refractivity contribution in [1.82, 2.24) is 14.8 Å². The van der Waals surface area contributed by atoms with Gasteiger partial charge in [0.15, 0.2) is 5.82 Å². The molecule has 98 valence electrons.